The van der Waals surface area contributed by atoms with E-state index >= 15 is 0 Å². The first-order valence-corrected chi connectivity index (χ1v) is 24.2. The lowest BCUT2D eigenvalue weighted by Crippen LogP contribution is -2.64. The molecule has 8 atom stereocenters. The number of hydrogen-bond acceptors (Lipinski definition) is 12. The molecule has 0 bridgehead atoms. The molecule has 0 radical (unpaired) electrons. The Hall–Kier alpha value is -3.49. The Kier molecular flexibility index (Phi) is 34.6. The molecular formula is C49H77O13P. The first-order valence-electron chi connectivity index (χ1n) is 22.7. The molecule has 14 heteroatoms. The summed E-state index contributed by atoms with van der Waals surface area (Å²) in [6, 6.07) is 0. The summed E-state index contributed by atoms with van der Waals surface area (Å²) in [4.78, 5) is 35.6. The third-order valence-corrected chi connectivity index (χ3v) is 10.6. The van der Waals surface area contributed by atoms with Crippen molar-refractivity contribution in [1.82, 2.24) is 0 Å². The third-order valence-electron chi connectivity index (χ3n) is 9.61. The number of phosphoric acid groups is 1. The lowest BCUT2D eigenvalue weighted by molar-refractivity contribution is -0.220. The van der Waals surface area contributed by atoms with Crippen LogP contribution in [0.15, 0.2) is 109 Å². The number of unbranched alkanes of at least 4 members (excludes halogenated alkanes) is 5. The molecule has 1 aliphatic carbocycles. The minimum absolute atomic E-state index is 0.0251. The van der Waals surface area contributed by atoms with Gasteiger partial charge in [0.05, 0.1) is 6.61 Å². The Morgan fingerprint density at radius 1 is 0.508 bits per heavy atom. The Balaban J connectivity index is 2.56. The van der Waals surface area contributed by atoms with Crippen LogP contribution in [0, 0.1) is 0 Å². The Labute approximate surface area is 376 Å². The van der Waals surface area contributed by atoms with Crippen LogP contribution in [-0.2, 0) is 32.7 Å². The summed E-state index contributed by atoms with van der Waals surface area (Å²) in [5.41, 5.74) is 0. The van der Waals surface area contributed by atoms with Gasteiger partial charge in [0, 0.05) is 12.8 Å². The van der Waals surface area contributed by atoms with E-state index in [1.54, 1.807) is 0 Å². The van der Waals surface area contributed by atoms with Crippen LogP contribution in [0.1, 0.15) is 129 Å². The second-order valence-corrected chi connectivity index (χ2v) is 16.6. The molecule has 1 rings (SSSR count). The molecule has 1 saturated carbocycles. The van der Waals surface area contributed by atoms with Crippen LogP contribution in [0.5, 0.6) is 0 Å². The van der Waals surface area contributed by atoms with Crippen molar-refractivity contribution < 1.29 is 63.1 Å². The maximum Gasteiger partial charge on any atom is 0.472 e. The van der Waals surface area contributed by atoms with Crippen molar-refractivity contribution in [3.63, 3.8) is 0 Å². The SMILES string of the molecule is CC/C=C\C/C=C\C/C=C\C/C=C\C/C=C\C/C=C\CCC(=O)OC[C@H](COP(=O)(O)OC1C(O)C(O)C(O)[C@@H](O)C1O)OC(=O)CCCC/C=C\C/C=C\C/C=C\CCCCC. The van der Waals surface area contributed by atoms with E-state index in [-0.39, 0.29) is 12.8 Å². The summed E-state index contributed by atoms with van der Waals surface area (Å²) in [5.74, 6) is -1.26. The summed E-state index contributed by atoms with van der Waals surface area (Å²) in [5, 5.41) is 50.1. The van der Waals surface area contributed by atoms with Crippen molar-refractivity contribution in [1.29, 1.82) is 0 Å². The predicted molar refractivity (Wildman–Crippen MR) is 248 cm³/mol. The van der Waals surface area contributed by atoms with Gasteiger partial charge in [-0.1, -0.05) is 136 Å². The summed E-state index contributed by atoms with van der Waals surface area (Å²) >= 11 is 0. The highest BCUT2D eigenvalue weighted by Crippen LogP contribution is 2.47. The first-order chi connectivity index (χ1) is 30.4. The third kappa shape index (κ3) is 30.3. The minimum Gasteiger partial charge on any atom is -0.462 e. The topological polar surface area (TPSA) is 210 Å². The van der Waals surface area contributed by atoms with Gasteiger partial charge in [0.15, 0.2) is 6.10 Å². The second kappa shape index (κ2) is 37.8. The largest absolute Gasteiger partial charge is 0.472 e. The Morgan fingerprint density at radius 2 is 0.921 bits per heavy atom. The van der Waals surface area contributed by atoms with Crippen molar-refractivity contribution in [3.8, 4) is 0 Å². The van der Waals surface area contributed by atoms with Gasteiger partial charge in [-0.15, -0.1) is 0 Å². The van der Waals surface area contributed by atoms with Crippen LogP contribution in [0.2, 0.25) is 0 Å². The van der Waals surface area contributed by atoms with E-state index in [2.05, 4.69) is 98.9 Å². The molecule has 0 heterocycles. The van der Waals surface area contributed by atoms with Gasteiger partial charge in [-0.25, -0.2) is 4.57 Å². The van der Waals surface area contributed by atoms with Crippen LogP contribution in [-0.4, -0.2) is 98.3 Å². The van der Waals surface area contributed by atoms with Crippen LogP contribution in [0.4, 0.5) is 0 Å². The number of rotatable bonds is 35. The average Bonchev–Trinajstić information content (AvgIpc) is 3.26. The van der Waals surface area contributed by atoms with Crippen molar-refractivity contribution in [2.75, 3.05) is 13.2 Å². The van der Waals surface area contributed by atoms with Crippen molar-refractivity contribution in [2.45, 2.75) is 172 Å². The lowest BCUT2D eigenvalue weighted by atomic mass is 9.85. The molecule has 0 aromatic carbocycles. The summed E-state index contributed by atoms with van der Waals surface area (Å²) < 4.78 is 33.4. The number of hydrogen-bond donors (Lipinski definition) is 6. The first kappa shape index (κ1) is 57.5. The number of esters is 2. The van der Waals surface area contributed by atoms with Crippen LogP contribution >= 0.6 is 7.82 Å². The lowest BCUT2D eigenvalue weighted by Gasteiger charge is -2.41. The number of carbonyl (C=O) groups excluding carboxylic acids is 2. The highest BCUT2D eigenvalue weighted by molar-refractivity contribution is 7.47. The van der Waals surface area contributed by atoms with Gasteiger partial charge in [-0.2, -0.15) is 0 Å². The minimum atomic E-state index is -5.15. The van der Waals surface area contributed by atoms with Crippen LogP contribution in [0.25, 0.3) is 0 Å². The van der Waals surface area contributed by atoms with E-state index in [1.807, 2.05) is 24.3 Å². The zero-order chi connectivity index (χ0) is 46.4. The molecule has 13 nitrogen and oxygen atoms in total. The van der Waals surface area contributed by atoms with E-state index in [4.69, 9.17) is 18.5 Å². The monoisotopic (exact) mass is 905 g/mol. The predicted octanol–water partition coefficient (Wildman–Crippen LogP) is 8.83. The second-order valence-electron chi connectivity index (χ2n) is 15.2. The fraction of sp³-hybridized carbons (Fsp3) is 0.592. The molecule has 1 aliphatic rings. The Bertz CT molecular complexity index is 1510. The van der Waals surface area contributed by atoms with Crippen LogP contribution in [0.3, 0.4) is 0 Å². The number of allylic oxidation sites excluding steroid dienone is 18. The quantitative estimate of drug-likeness (QED) is 0.0152. The van der Waals surface area contributed by atoms with E-state index < -0.39 is 75.7 Å². The molecule has 0 saturated heterocycles. The molecule has 356 valence electrons. The molecule has 1 fully saturated rings. The highest BCUT2D eigenvalue weighted by Gasteiger charge is 2.51. The normalized spacial score (nSPS) is 22.7. The molecular weight excluding hydrogens is 827 g/mol. The van der Waals surface area contributed by atoms with Gasteiger partial charge in [0.25, 0.3) is 0 Å². The van der Waals surface area contributed by atoms with Gasteiger partial charge < -0.3 is 39.9 Å². The van der Waals surface area contributed by atoms with Gasteiger partial charge in [-0.05, 0) is 89.9 Å². The summed E-state index contributed by atoms with van der Waals surface area (Å²) in [6.07, 6.45) is 38.7. The molecule has 0 aromatic heterocycles. The van der Waals surface area contributed by atoms with Gasteiger partial charge in [0.1, 0.15) is 43.2 Å². The van der Waals surface area contributed by atoms with Crippen molar-refractivity contribution in [3.05, 3.63) is 109 Å². The summed E-state index contributed by atoms with van der Waals surface area (Å²) in [7, 11) is -5.15. The standard InChI is InChI=1S/C49H77O13P/c1-3-5-7-9-11-13-15-17-19-20-21-22-24-25-27-29-31-33-35-37-42(50)59-39-41(40-60-63(57,58)62-49-47(55)45(53)44(52)46(54)48(49)56)61-43(51)38-36-34-32-30-28-26-23-18-16-14-12-10-8-6-4-2/h5,7,11-14,17-19,21-23,25,27-28,30-31,33,41,44-49,52-56H,3-4,6,8-10,15-16,20,24,26,29,32,34-40H2,1-2H3,(H,57,58)/b7-5-,13-11-,14-12-,19-17-,22-21-,23-18-,27-25-,30-28-,33-31-/t41-,44?,45-,46?,47?,48?,49?/m1/s1. The van der Waals surface area contributed by atoms with E-state index in [0.717, 1.165) is 57.8 Å². The number of ether oxygens (including phenoxy) is 2. The van der Waals surface area contributed by atoms with Crippen molar-refractivity contribution in [2.24, 2.45) is 0 Å². The Morgan fingerprint density at radius 3 is 1.38 bits per heavy atom. The van der Waals surface area contributed by atoms with E-state index in [9.17, 15) is 44.6 Å². The zero-order valence-electron chi connectivity index (χ0n) is 37.6. The van der Waals surface area contributed by atoms with Crippen LogP contribution < -0.4 is 0 Å². The number of carbonyl (C=O) groups is 2. The maximum absolute atomic E-state index is 12.8. The maximum atomic E-state index is 12.8. The molecule has 0 aromatic rings. The van der Waals surface area contributed by atoms with Gasteiger partial charge >= 0.3 is 19.8 Å². The number of aliphatic hydroxyl groups is 5. The molecule has 6 unspecified atom stereocenters. The van der Waals surface area contributed by atoms with Gasteiger partial charge in [-0.3, -0.25) is 18.6 Å². The van der Waals surface area contributed by atoms with Gasteiger partial charge in [0.2, 0.25) is 0 Å². The number of phosphoric ester groups is 1. The molecule has 0 aliphatic heterocycles. The highest BCUT2D eigenvalue weighted by atomic mass is 31.2. The molecule has 0 spiro atoms. The fourth-order valence-corrected chi connectivity index (χ4v) is 6.94. The van der Waals surface area contributed by atoms with E-state index in [1.165, 1.54) is 19.3 Å². The average molecular weight is 905 g/mol. The molecule has 0 amide bonds. The van der Waals surface area contributed by atoms with E-state index in [0.29, 0.717) is 25.7 Å². The zero-order valence-corrected chi connectivity index (χ0v) is 38.5. The van der Waals surface area contributed by atoms with Crippen molar-refractivity contribution >= 4 is 19.8 Å². The molecule has 6 N–H and O–H groups in total. The molecule has 63 heavy (non-hydrogen) atoms. The number of aliphatic hydroxyl groups excluding tert-OH is 5. The summed E-state index contributed by atoms with van der Waals surface area (Å²) in [6.45, 7) is 3.03. The smallest absolute Gasteiger partial charge is 0.462 e. The fourth-order valence-electron chi connectivity index (χ4n) is 5.96.